The van der Waals surface area contributed by atoms with Crippen molar-refractivity contribution in [2.24, 2.45) is 41.2 Å². The van der Waals surface area contributed by atoms with Crippen LogP contribution in [0.2, 0.25) is 0 Å². The molecule has 5 N–H and O–H groups in total. The third-order valence-corrected chi connectivity index (χ3v) is 13.4. The van der Waals surface area contributed by atoms with E-state index in [0.29, 0.717) is 43.9 Å². The van der Waals surface area contributed by atoms with Crippen LogP contribution in [-0.2, 0) is 38.0 Å². The molecule has 15 unspecified atom stereocenters. The van der Waals surface area contributed by atoms with Gasteiger partial charge in [0.15, 0.2) is 0 Å². The van der Waals surface area contributed by atoms with Gasteiger partial charge in [-0.25, -0.2) is 0 Å². The van der Waals surface area contributed by atoms with Gasteiger partial charge in [-0.3, -0.25) is 10.1 Å². The molecule has 4 fully saturated rings. The number of rotatable bonds is 20. The normalized spacial score (nSPS) is 36.9. The van der Waals surface area contributed by atoms with Gasteiger partial charge in [0, 0.05) is 59.5 Å². The first-order valence-corrected chi connectivity index (χ1v) is 20.3. The number of methoxy groups -OCH3 is 5. The van der Waals surface area contributed by atoms with Gasteiger partial charge in [-0.1, -0.05) is 33.6 Å². The van der Waals surface area contributed by atoms with Gasteiger partial charge in [-0.05, 0) is 82.5 Å². The van der Waals surface area contributed by atoms with Crippen LogP contribution in [0.1, 0.15) is 98.3 Å². The Hall–Kier alpha value is -0.930. The van der Waals surface area contributed by atoms with E-state index in [1.807, 2.05) is 0 Å². The van der Waals surface area contributed by atoms with Crippen LogP contribution in [-0.4, -0.2) is 127 Å². The summed E-state index contributed by atoms with van der Waals surface area (Å²) in [6.45, 7) is 9.36. The number of fused-ring (bicyclic) bond motifs is 1. The van der Waals surface area contributed by atoms with Gasteiger partial charge in [0.1, 0.15) is 6.10 Å². The highest BCUT2D eigenvalue weighted by Gasteiger charge is 2.43. The van der Waals surface area contributed by atoms with E-state index in [2.05, 4.69) is 38.3 Å². The minimum Gasteiger partial charge on any atom is -0.393 e. The predicted octanol–water partition coefficient (Wildman–Crippen LogP) is 4.04. The zero-order chi connectivity index (χ0) is 37.9. The lowest BCUT2D eigenvalue weighted by molar-refractivity contribution is -0.147. The zero-order valence-corrected chi connectivity index (χ0v) is 33.8. The molecule has 0 aromatic carbocycles. The molecular formula is C40H75N3O9. The van der Waals surface area contributed by atoms with Crippen LogP contribution < -0.4 is 16.4 Å². The van der Waals surface area contributed by atoms with Crippen molar-refractivity contribution >= 4 is 5.91 Å². The number of carbonyl (C=O) groups is 1. The third kappa shape index (κ3) is 11.6. The second-order valence-electron chi connectivity index (χ2n) is 16.8. The second-order valence-corrected chi connectivity index (χ2v) is 16.8. The van der Waals surface area contributed by atoms with Crippen molar-refractivity contribution in [1.29, 1.82) is 0 Å². The molecule has 52 heavy (non-hydrogen) atoms. The molecule has 4 aliphatic rings. The molecule has 1 heterocycles. The van der Waals surface area contributed by atoms with Crippen LogP contribution in [0.25, 0.3) is 0 Å². The Morgan fingerprint density at radius 2 is 1.48 bits per heavy atom. The molecule has 0 bridgehead atoms. The lowest BCUT2D eigenvalue weighted by atomic mass is 9.74. The van der Waals surface area contributed by atoms with Gasteiger partial charge in [0.2, 0.25) is 5.91 Å². The number of hydrogen-bond donors (Lipinski definition) is 4. The van der Waals surface area contributed by atoms with Crippen LogP contribution in [0.5, 0.6) is 0 Å². The maximum Gasteiger partial charge on any atom is 0.225 e. The van der Waals surface area contributed by atoms with Crippen molar-refractivity contribution in [3.63, 3.8) is 0 Å². The quantitative estimate of drug-likeness (QED) is 0.143. The van der Waals surface area contributed by atoms with Gasteiger partial charge in [0.05, 0.1) is 68.0 Å². The van der Waals surface area contributed by atoms with Crippen molar-refractivity contribution in [2.75, 3.05) is 48.8 Å². The Morgan fingerprint density at radius 1 is 0.808 bits per heavy atom. The van der Waals surface area contributed by atoms with Crippen LogP contribution in [0, 0.1) is 35.5 Å². The maximum atomic E-state index is 12.9. The average molecular weight is 742 g/mol. The monoisotopic (exact) mass is 742 g/mol. The lowest BCUT2D eigenvalue weighted by Gasteiger charge is -2.45. The number of ether oxygens (including phenoxy) is 7. The zero-order valence-electron chi connectivity index (χ0n) is 33.8. The van der Waals surface area contributed by atoms with E-state index in [0.717, 1.165) is 51.4 Å². The summed E-state index contributed by atoms with van der Waals surface area (Å²) in [7, 11) is 8.63. The largest absolute Gasteiger partial charge is 0.393 e. The molecule has 3 saturated carbocycles. The van der Waals surface area contributed by atoms with E-state index in [-0.39, 0.29) is 84.5 Å². The number of carbonyl (C=O) groups excluding carboxylic acids is 1. The van der Waals surface area contributed by atoms with E-state index in [4.69, 9.17) is 38.9 Å². The smallest absolute Gasteiger partial charge is 0.225 e. The molecule has 3 aliphatic carbocycles. The first kappa shape index (κ1) is 43.8. The topological polar surface area (TPSA) is 152 Å². The van der Waals surface area contributed by atoms with Crippen molar-refractivity contribution < 1.29 is 43.1 Å². The summed E-state index contributed by atoms with van der Waals surface area (Å²) >= 11 is 0. The second kappa shape index (κ2) is 21.4. The summed E-state index contributed by atoms with van der Waals surface area (Å²) in [6, 6.07) is 0.135. The minimum atomic E-state index is -0.583. The van der Waals surface area contributed by atoms with Crippen LogP contribution in [0.3, 0.4) is 0 Å². The molecule has 0 spiro atoms. The standard InChI is InChI=1S/C40H75N3O9/c1-23(32(44)20-30(41)28-18-34(47-6)25(3)35(19-28)48-7)16-36(49-8)38(22-46-5)52-26(4)24(2)21-51-33-15-14-27(17-37(33)50-9)39-42-31-13-11-10-12-29(31)40(45)43-39/h23-39,42,44H,10-22,41H2,1-9H3,(H,43,45). The molecule has 0 aromatic rings. The number of aliphatic hydroxyl groups excluding tert-OH is 1. The molecule has 1 saturated heterocycles. The number of amides is 1. The van der Waals surface area contributed by atoms with Crippen molar-refractivity contribution in [3.8, 4) is 0 Å². The van der Waals surface area contributed by atoms with Crippen molar-refractivity contribution in [2.45, 2.75) is 165 Å². The summed E-state index contributed by atoms with van der Waals surface area (Å²) < 4.78 is 42.2. The van der Waals surface area contributed by atoms with E-state index in [1.54, 1.807) is 35.5 Å². The first-order valence-electron chi connectivity index (χ1n) is 20.3. The summed E-state index contributed by atoms with van der Waals surface area (Å²) in [5.74, 6) is 1.22. The molecule has 1 amide bonds. The highest BCUT2D eigenvalue weighted by molar-refractivity contribution is 5.80. The Labute approximate surface area is 314 Å². The average Bonchev–Trinajstić information content (AvgIpc) is 3.15. The number of aliphatic hydroxyl groups is 1. The van der Waals surface area contributed by atoms with E-state index in [1.165, 1.54) is 6.42 Å². The molecular weight excluding hydrogens is 666 g/mol. The Kier molecular flexibility index (Phi) is 18.0. The third-order valence-electron chi connectivity index (χ3n) is 13.4. The van der Waals surface area contributed by atoms with Crippen molar-refractivity contribution in [1.82, 2.24) is 10.6 Å². The minimum absolute atomic E-state index is 0.00192. The fourth-order valence-corrected chi connectivity index (χ4v) is 9.48. The van der Waals surface area contributed by atoms with Crippen LogP contribution in [0.15, 0.2) is 0 Å². The fourth-order valence-electron chi connectivity index (χ4n) is 9.48. The van der Waals surface area contributed by atoms with Gasteiger partial charge in [-0.15, -0.1) is 0 Å². The Balaban J connectivity index is 1.24. The van der Waals surface area contributed by atoms with Gasteiger partial charge < -0.3 is 49.3 Å². The number of nitrogens with one attached hydrogen (secondary N) is 2. The Bertz CT molecular complexity index is 1030. The first-order chi connectivity index (χ1) is 24.9. The molecule has 12 heteroatoms. The van der Waals surface area contributed by atoms with Gasteiger partial charge in [-0.2, -0.15) is 0 Å². The predicted molar refractivity (Wildman–Crippen MR) is 201 cm³/mol. The molecule has 0 aromatic heterocycles. The van der Waals surface area contributed by atoms with E-state index < -0.39 is 6.10 Å². The number of nitrogens with two attached hydrogens (primary N) is 1. The summed E-state index contributed by atoms with van der Waals surface area (Å²) in [5.41, 5.74) is 6.72. The highest BCUT2D eigenvalue weighted by atomic mass is 16.6. The summed E-state index contributed by atoms with van der Waals surface area (Å²) in [5, 5.41) is 18.4. The molecule has 1 aliphatic heterocycles. The molecule has 15 atom stereocenters. The fraction of sp³-hybridized carbons (Fsp3) is 0.975. The summed E-state index contributed by atoms with van der Waals surface area (Å²) in [6.07, 6.45) is 8.82. The lowest BCUT2D eigenvalue weighted by Crippen LogP contribution is -2.65. The van der Waals surface area contributed by atoms with Crippen LogP contribution in [0.4, 0.5) is 0 Å². The number of hydrogen-bond acceptors (Lipinski definition) is 11. The molecule has 0 radical (unpaired) electrons. The maximum absolute atomic E-state index is 12.9. The SMILES string of the molecule is COCC(OC(C)C(C)COC1CCC(C2NC(=O)C3CCCCC3N2)CC1OC)C(CC(C)C(O)CC(N)C1CC(OC)C(C)C(OC)C1)OC. The Morgan fingerprint density at radius 3 is 2.12 bits per heavy atom. The van der Waals surface area contributed by atoms with Gasteiger partial charge in [0.25, 0.3) is 0 Å². The van der Waals surface area contributed by atoms with Crippen LogP contribution >= 0.6 is 0 Å². The molecule has 304 valence electrons. The molecule has 12 nitrogen and oxygen atoms in total. The summed E-state index contributed by atoms with van der Waals surface area (Å²) in [4.78, 5) is 12.9. The van der Waals surface area contributed by atoms with Crippen molar-refractivity contribution in [3.05, 3.63) is 0 Å². The van der Waals surface area contributed by atoms with E-state index in [9.17, 15) is 9.90 Å². The van der Waals surface area contributed by atoms with Gasteiger partial charge >= 0.3 is 0 Å². The highest BCUT2D eigenvalue weighted by Crippen LogP contribution is 2.37. The van der Waals surface area contributed by atoms with E-state index >= 15 is 0 Å². The molecule has 4 rings (SSSR count).